The van der Waals surface area contributed by atoms with Crippen LogP contribution in [0.1, 0.15) is 38.9 Å². The lowest BCUT2D eigenvalue weighted by Crippen LogP contribution is -2.08. The SMILES string of the molecule is O=C1c2ccccc2[C@@H]2[C@@H](c3ccccc31)C2(Cl)Cl. The van der Waals surface area contributed by atoms with Gasteiger partial charge in [-0.25, -0.2) is 0 Å². The summed E-state index contributed by atoms with van der Waals surface area (Å²) in [6, 6.07) is 15.3. The smallest absolute Gasteiger partial charge is 0.193 e. The van der Waals surface area contributed by atoms with E-state index in [1.54, 1.807) is 0 Å². The molecule has 2 aromatic carbocycles. The molecule has 0 N–H and O–H groups in total. The summed E-state index contributed by atoms with van der Waals surface area (Å²) >= 11 is 12.9. The summed E-state index contributed by atoms with van der Waals surface area (Å²) in [7, 11) is 0. The zero-order valence-electron chi connectivity index (χ0n) is 9.94. The normalized spacial score (nSPS) is 25.9. The lowest BCUT2D eigenvalue weighted by molar-refractivity contribution is 0.103. The molecule has 1 saturated carbocycles. The number of hydrogen-bond donors (Lipinski definition) is 0. The Hall–Kier alpha value is -1.31. The predicted octanol–water partition coefficient (Wildman–Crippen LogP) is 4.29. The number of halogens is 2. The van der Waals surface area contributed by atoms with Gasteiger partial charge in [0.05, 0.1) is 0 Å². The Morgan fingerprint density at radius 1 is 0.789 bits per heavy atom. The van der Waals surface area contributed by atoms with E-state index >= 15 is 0 Å². The topological polar surface area (TPSA) is 17.1 Å². The largest absolute Gasteiger partial charge is 0.289 e. The van der Waals surface area contributed by atoms with E-state index < -0.39 is 4.33 Å². The number of ketones is 1. The summed E-state index contributed by atoms with van der Waals surface area (Å²) in [6.07, 6.45) is 0. The minimum Gasteiger partial charge on any atom is -0.289 e. The Morgan fingerprint density at radius 2 is 1.21 bits per heavy atom. The number of carbonyl (C=O) groups is 1. The van der Waals surface area contributed by atoms with Crippen LogP contribution in [0.5, 0.6) is 0 Å². The van der Waals surface area contributed by atoms with Gasteiger partial charge in [-0.3, -0.25) is 4.79 Å². The van der Waals surface area contributed by atoms with Gasteiger partial charge in [0.15, 0.2) is 5.78 Å². The molecule has 1 fully saturated rings. The fourth-order valence-corrected chi connectivity index (χ4v) is 4.04. The molecule has 0 aromatic heterocycles. The third kappa shape index (κ3) is 1.40. The Kier molecular flexibility index (Phi) is 2.19. The molecule has 3 heteroatoms. The maximum absolute atomic E-state index is 12.6. The van der Waals surface area contributed by atoms with Crippen molar-refractivity contribution in [1.82, 2.24) is 0 Å². The van der Waals surface area contributed by atoms with E-state index in [-0.39, 0.29) is 17.6 Å². The Morgan fingerprint density at radius 3 is 1.68 bits per heavy atom. The maximum Gasteiger partial charge on any atom is 0.193 e. The van der Waals surface area contributed by atoms with Crippen molar-refractivity contribution in [3.63, 3.8) is 0 Å². The number of rotatable bonds is 0. The number of alkyl halides is 2. The van der Waals surface area contributed by atoms with Crippen molar-refractivity contribution in [1.29, 1.82) is 0 Å². The van der Waals surface area contributed by atoms with E-state index in [1.807, 2.05) is 48.5 Å². The van der Waals surface area contributed by atoms with Crippen LogP contribution in [-0.4, -0.2) is 10.1 Å². The van der Waals surface area contributed by atoms with E-state index in [1.165, 1.54) is 0 Å². The van der Waals surface area contributed by atoms with Crippen LogP contribution in [0.15, 0.2) is 48.5 Å². The van der Waals surface area contributed by atoms with Crippen LogP contribution in [0.2, 0.25) is 0 Å². The fourth-order valence-electron chi connectivity index (χ4n) is 3.20. The van der Waals surface area contributed by atoms with Crippen LogP contribution >= 0.6 is 23.2 Å². The molecule has 2 atom stereocenters. The van der Waals surface area contributed by atoms with Gasteiger partial charge in [0.1, 0.15) is 4.33 Å². The highest BCUT2D eigenvalue weighted by molar-refractivity contribution is 6.52. The quantitative estimate of drug-likeness (QED) is 0.661. The molecule has 0 spiro atoms. The lowest BCUT2D eigenvalue weighted by atomic mass is 9.96. The molecule has 4 rings (SSSR count). The summed E-state index contributed by atoms with van der Waals surface area (Å²) < 4.78 is -0.799. The van der Waals surface area contributed by atoms with Gasteiger partial charge in [-0.15, -0.1) is 23.2 Å². The number of carbonyl (C=O) groups excluding carboxylic acids is 1. The van der Waals surface area contributed by atoms with Crippen molar-refractivity contribution < 1.29 is 4.79 Å². The first-order chi connectivity index (χ1) is 9.12. The van der Waals surface area contributed by atoms with E-state index in [9.17, 15) is 4.79 Å². The average Bonchev–Trinajstić information content (AvgIpc) is 3.02. The van der Waals surface area contributed by atoms with Gasteiger partial charge in [-0.1, -0.05) is 48.5 Å². The maximum atomic E-state index is 12.6. The molecule has 0 amide bonds. The first kappa shape index (κ1) is 11.5. The van der Waals surface area contributed by atoms with Gasteiger partial charge < -0.3 is 0 Å². The Bertz CT molecular complexity index is 648. The monoisotopic (exact) mass is 288 g/mol. The standard InChI is InChI=1S/C16H10Cl2O/c17-16(18)13-9-5-1-3-7-11(9)15(19)12-8-4-2-6-10(12)14(13)16/h1-8,13-14H/t13-,14-/m1/s1. The van der Waals surface area contributed by atoms with Crippen molar-refractivity contribution >= 4 is 29.0 Å². The van der Waals surface area contributed by atoms with Crippen LogP contribution in [0.4, 0.5) is 0 Å². The van der Waals surface area contributed by atoms with Crippen LogP contribution in [0, 0.1) is 0 Å². The minimum atomic E-state index is -0.799. The molecule has 2 aromatic rings. The number of benzene rings is 2. The summed E-state index contributed by atoms with van der Waals surface area (Å²) in [5, 5.41) is 0. The van der Waals surface area contributed by atoms with Crippen molar-refractivity contribution in [2.24, 2.45) is 0 Å². The second kappa shape index (κ2) is 3.62. The van der Waals surface area contributed by atoms with Crippen molar-refractivity contribution in [2.75, 3.05) is 0 Å². The van der Waals surface area contributed by atoms with Gasteiger partial charge in [0, 0.05) is 23.0 Å². The van der Waals surface area contributed by atoms with Crippen molar-refractivity contribution in [2.45, 2.75) is 16.2 Å². The Balaban J connectivity index is 2.05. The third-order valence-corrected chi connectivity index (χ3v) is 5.07. The molecule has 0 radical (unpaired) electrons. The molecule has 0 saturated heterocycles. The second-order valence-corrected chi connectivity index (χ2v) is 6.58. The Labute approximate surface area is 121 Å². The van der Waals surface area contributed by atoms with Crippen LogP contribution in [0.25, 0.3) is 0 Å². The van der Waals surface area contributed by atoms with Gasteiger partial charge in [-0.05, 0) is 11.1 Å². The van der Waals surface area contributed by atoms with E-state index in [0.29, 0.717) is 0 Å². The zero-order chi connectivity index (χ0) is 13.2. The molecule has 94 valence electrons. The summed E-state index contributed by atoms with van der Waals surface area (Å²) in [5.74, 6) is 0.0989. The molecule has 2 aliphatic carbocycles. The molecular formula is C16H10Cl2O. The molecule has 0 bridgehead atoms. The minimum absolute atomic E-state index is 0.0135. The predicted molar refractivity (Wildman–Crippen MR) is 76.2 cm³/mol. The van der Waals surface area contributed by atoms with Crippen LogP contribution < -0.4 is 0 Å². The van der Waals surface area contributed by atoms with Crippen LogP contribution in [-0.2, 0) is 0 Å². The number of hydrogen-bond acceptors (Lipinski definition) is 1. The van der Waals surface area contributed by atoms with E-state index in [2.05, 4.69) is 0 Å². The highest BCUT2D eigenvalue weighted by Gasteiger charge is 2.66. The molecule has 0 unspecified atom stereocenters. The third-order valence-electron chi connectivity index (χ3n) is 4.13. The highest BCUT2D eigenvalue weighted by Crippen LogP contribution is 2.71. The first-order valence-electron chi connectivity index (χ1n) is 6.22. The summed E-state index contributed by atoms with van der Waals surface area (Å²) in [4.78, 5) is 12.6. The first-order valence-corrected chi connectivity index (χ1v) is 6.98. The zero-order valence-corrected chi connectivity index (χ0v) is 11.4. The number of fused-ring (bicyclic) bond motifs is 5. The van der Waals surface area contributed by atoms with E-state index in [0.717, 1.165) is 22.3 Å². The summed E-state index contributed by atoms with van der Waals surface area (Å²) in [6.45, 7) is 0. The van der Waals surface area contributed by atoms with Gasteiger partial charge in [0.2, 0.25) is 0 Å². The molecule has 2 aliphatic rings. The van der Waals surface area contributed by atoms with Crippen molar-refractivity contribution in [3.05, 3.63) is 70.8 Å². The molecule has 1 nitrogen and oxygen atoms in total. The molecule has 0 heterocycles. The highest BCUT2D eigenvalue weighted by atomic mass is 35.5. The van der Waals surface area contributed by atoms with Crippen molar-refractivity contribution in [3.8, 4) is 0 Å². The molecule has 19 heavy (non-hydrogen) atoms. The van der Waals surface area contributed by atoms with Gasteiger partial charge in [0.25, 0.3) is 0 Å². The van der Waals surface area contributed by atoms with Gasteiger partial charge >= 0.3 is 0 Å². The molecular weight excluding hydrogens is 279 g/mol. The summed E-state index contributed by atoms with van der Waals surface area (Å²) in [5.41, 5.74) is 3.40. The van der Waals surface area contributed by atoms with E-state index in [4.69, 9.17) is 23.2 Å². The lowest BCUT2D eigenvalue weighted by Gasteiger charge is -2.10. The second-order valence-electron chi connectivity index (χ2n) is 5.13. The fraction of sp³-hybridized carbons (Fsp3) is 0.188. The molecule has 0 aliphatic heterocycles. The van der Waals surface area contributed by atoms with Gasteiger partial charge in [-0.2, -0.15) is 0 Å². The average molecular weight is 289 g/mol. The van der Waals surface area contributed by atoms with Crippen LogP contribution in [0.3, 0.4) is 0 Å².